The average Bonchev–Trinajstić information content (AvgIpc) is 3.28. The van der Waals surface area contributed by atoms with Crippen LogP contribution in [0.3, 0.4) is 0 Å². The maximum absolute atomic E-state index is 12.2. The summed E-state index contributed by atoms with van der Waals surface area (Å²) in [5.74, 6) is 0. The number of rotatable bonds is 3. The van der Waals surface area contributed by atoms with E-state index in [0.29, 0.717) is 25.8 Å². The zero-order valence-electron chi connectivity index (χ0n) is 21.2. The van der Waals surface area contributed by atoms with Gasteiger partial charge in [-0.1, -0.05) is 6.07 Å². The van der Waals surface area contributed by atoms with E-state index >= 15 is 0 Å². The van der Waals surface area contributed by atoms with Crippen LogP contribution in [0.15, 0.2) is 30.6 Å². The molecule has 8 nitrogen and oxygen atoms in total. The molecule has 1 amide bonds. The van der Waals surface area contributed by atoms with Gasteiger partial charge in [-0.3, -0.25) is 9.80 Å². The van der Waals surface area contributed by atoms with E-state index in [1.165, 1.54) is 29.5 Å². The predicted molar refractivity (Wildman–Crippen MR) is 139 cm³/mol. The highest BCUT2D eigenvalue weighted by Gasteiger charge is 2.34. The monoisotopic (exact) mass is 489 g/mol. The molecule has 0 unspecified atom stereocenters. The van der Waals surface area contributed by atoms with E-state index in [0.717, 1.165) is 60.3 Å². The number of aromatic nitrogens is 2. The minimum atomic E-state index is -0.878. The van der Waals surface area contributed by atoms with Crippen molar-refractivity contribution in [3.63, 3.8) is 0 Å². The maximum Gasteiger partial charge on any atom is 0.407 e. The second-order valence-electron chi connectivity index (χ2n) is 10.6. The average molecular weight is 490 g/mol. The highest BCUT2D eigenvalue weighted by Crippen LogP contribution is 2.37. The third-order valence-electron chi connectivity index (χ3n) is 8.42. The van der Waals surface area contributed by atoms with Gasteiger partial charge in [-0.05, 0) is 86.3 Å². The van der Waals surface area contributed by atoms with Gasteiger partial charge in [0.1, 0.15) is 5.65 Å². The third kappa shape index (κ3) is 4.27. The van der Waals surface area contributed by atoms with Crippen molar-refractivity contribution in [2.24, 2.45) is 0 Å². The quantitative estimate of drug-likeness (QED) is 0.578. The fourth-order valence-electron chi connectivity index (χ4n) is 6.24. The summed E-state index contributed by atoms with van der Waals surface area (Å²) in [6, 6.07) is 7.00. The summed E-state index contributed by atoms with van der Waals surface area (Å²) in [5, 5.41) is 11.1. The number of aromatic amines is 1. The summed E-state index contributed by atoms with van der Waals surface area (Å²) in [7, 11) is 2.20. The van der Waals surface area contributed by atoms with E-state index in [1.807, 2.05) is 12.4 Å². The van der Waals surface area contributed by atoms with E-state index in [-0.39, 0.29) is 6.04 Å². The summed E-state index contributed by atoms with van der Waals surface area (Å²) in [6.07, 6.45) is 6.38. The fraction of sp³-hybridized carbons (Fsp3) is 0.500. The molecule has 36 heavy (non-hydrogen) atoms. The number of morpholine rings is 1. The normalized spacial score (nSPS) is 22.2. The number of aryl methyl sites for hydroxylation is 1. The molecule has 190 valence electrons. The molecule has 1 atom stereocenters. The minimum absolute atomic E-state index is 0.298. The van der Waals surface area contributed by atoms with Gasteiger partial charge in [0.2, 0.25) is 0 Å². The molecule has 2 saturated heterocycles. The molecule has 5 heterocycles. The van der Waals surface area contributed by atoms with Gasteiger partial charge in [0.25, 0.3) is 0 Å². The lowest BCUT2D eigenvalue weighted by molar-refractivity contribution is -0.00167. The van der Waals surface area contributed by atoms with E-state index in [2.05, 4.69) is 51.9 Å². The van der Waals surface area contributed by atoms with Gasteiger partial charge in [0.05, 0.1) is 19.3 Å². The highest BCUT2D eigenvalue weighted by molar-refractivity contribution is 5.84. The second kappa shape index (κ2) is 9.50. The number of pyridine rings is 1. The number of fused-ring (bicyclic) bond motifs is 2. The lowest BCUT2D eigenvalue weighted by atomic mass is 9.86. The van der Waals surface area contributed by atoms with Crippen molar-refractivity contribution in [1.29, 1.82) is 0 Å². The maximum atomic E-state index is 12.2. The van der Waals surface area contributed by atoms with E-state index in [4.69, 9.17) is 4.74 Å². The van der Waals surface area contributed by atoms with E-state index < -0.39 is 6.09 Å². The Morgan fingerprint density at radius 2 is 1.97 bits per heavy atom. The number of carbonyl (C=O) groups is 1. The van der Waals surface area contributed by atoms with Gasteiger partial charge in [-0.2, -0.15) is 0 Å². The van der Waals surface area contributed by atoms with Crippen LogP contribution in [0, 0.1) is 6.92 Å². The van der Waals surface area contributed by atoms with Gasteiger partial charge < -0.3 is 19.7 Å². The molecular weight excluding hydrogens is 454 g/mol. The number of ether oxygens (including phenoxy) is 1. The first kappa shape index (κ1) is 23.5. The molecule has 3 aromatic rings. The number of piperidine rings is 1. The van der Waals surface area contributed by atoms with Crippen molar-refractivity contribution in [3.05, 3.63) is 52.8 Å². The molecule has 6 rings (SSSR count). The van der Waals surface area contributed by atoms with Crippen LogP contribution in [-0.2, 0) is 17.7 Å². The number of nitrogens with zero attached hydrogens (tertiary/aromatic N) is 4. The molecule has 0 radical (unpaired) electrons. The van der Waals surface area contributed by atoms with Crippen molar-refractivity contribution in [1.82, 2.24) is 24.7 Å². The Morgan fingerprint density at radius 1 is 1.14 bits per heavy atom. The summed E-state index contributed by atoms with van der Waals surface area (Å²) in [6.45, 7) is 7.51. The van der Waals surface area contributed by atoms with Crippen molar-refractivity contribution >= 4 is 17.1 Å². The number of amides is 1. The molecule has 3 aliphatic rings. The Labute approximate surface area is 211 Å². The first-order valence-corrected chi connectivity index (χ1v) is 13.1. The van der Waals surface area contributed by atoms with Crippen molar-refractivity contribution in [2.75, 3.05) is 46.4 Å². The Kier molecular flexibility index (Phi) is 6.19. The molecule has 0 aliphatic carbocycles. The van der Waals surface area contributed by atoms with Gasteiger partial charge in [0, 0.05) is 49.0 Å². The highest BCUT2D eigenvalue weighted by atomic mass is 16.5. The van der Waals surface area contributed by atoms with Crippen LogP contribution in [0.2, 0.25) is 0 Å². The zero-order valence-corrected chi connectivity index (χ0v) is 21.2. The zero-order chi connectivity index (χ0) is 24.8. The van der Waals surface area contributed by atoms with Gasteiger partial charge in [-0.15, -0.1) is 0 Å². The molecular formula is C28H35N5O3. The summed E-state index contributed by atoms with van der Waals surface area (Å²) >= 11 is 0. The smallest absolute Gasteiger partial charge is 0.407 e. The number of nitrogens with one attached hydrogen (secondary N) is 1. The number of hydrogen-bond acceptors (Lipinski definition) is 5. The Balaban J connectivity index is 1.42. The number of likely N-dealkylation sites (tertiary alicyclic amines) is 1. The number of carboxylic acid groups (broad SMARTS) is 1. The number of hydrogen-bond donors (Lipinski definition) is 2. The summed E-state index contributed by atoms with van der Waals surface area (Å²) in [5.41, 5.74) is 7.93. The molecule has 0 saturated carbocycles. The standard InChI is InChI=1S/C28H35N5O3/c1-18-14-29-27-23(18)13-21(15-30-27)20-11-19-3-8-32(22-4-6-31(2)7-5-22)16-25(19)24(12-20)26-17-36-10-9-33(26)28(34)35/h11-15,22,26H,3-10,16-17H2,1-2H3,(H,29,30)(H,34,35)/t26-/m0/s1. The van der Waals surface area contributed by atoms with Crippen LogP contribution in [0.4, 0.5) is 4.79 Å². The lowest BCUT2D eigenvalue weighted by Crippen LogP contribution is -2.47. The molecule has 1 aromatic carbocycles. The van der Waals surface area contributed by atoms with Crippen LogP contribution in [0.1, 0.15) is 41.1 Å². The molecule has 0 bridgehead atoms. The molecule has 8 heteroatoms. The molecule has 3 aliphatic heterocycles. The Morgan fingerprint density at radius 3 is 2.78 bits per heavy atom. The van der Waals surface area contributed by atoms with Crippen molar-refractivity contribution in [2.45, 2.75) is 44.8 Å². The van der Waals surface area contributed by atoms with Crippen LogP contribution < -0.4 is 0 Å². The minimum Gasteiger partial charge on any atom is -0.465 e. The van der Waals surface area contributed by atoms with Crippen molar-refractivity contribution < 1.29 is 14.6 Å². The predicted octanol–water partition coefficient (Wildman–Crippen LogP) is 4.04. The molecule has 0 spiro atoms. The summed E-state index contributed by atoms with van der Waals surface area (Å²) in [4.78, 5) is 26.7. The molecule has 2 fully saturated rings. The topological polar surface area (TPSA) is 84.9 Å². The van der Waals surface area contributed by atoms with E-state index in [1.54, 1.807) is 4.90 Å². The first-order chi connectivity index (χ1) is 17.5. The number of H-pyrrole nitrogens is 1. The van der Waals surface area contributed by atoms with Crippen LogP contribution in [0.25, 0.3) is 22.2 Å². The number of benzene rings is 1. The second-order valence-corrected chi connectivity index (χ2v) is 10.6. The van der Waals surface area contributed by atoms with E-state index in [9.17, 15) is 9.90 Å². The van der Waals surface area contributed by atoms with Crippen molar-refractivity contribution in [3.8, 4) is 11.1 Å². The molecule has 2 aromatic heterocycles. The Hall–Kier alpha value is -2.94. The van der Waals surface area contributed by atoms with Gasteiger partial charge in [-0.25, -0.2) is 9.78 Å². The lowest BCUT2D eigenvalue weighted by Gasteiger charge is -2.42. The SMILES string of the molecule is Cc1c[nH]c2ncc(-c3cc4c(c([C@@H]5COCCN5C(=O)O)c3)CN(C3CCN(C)CC3)CC4)cc12. The Bertz CT molecular complexity index is 1280. The summed E-state index contributed by atoms with van der Waals surface area (Å²) < 4.78 is 5.83. The van der Waals surface area contributed by atoms with Crippen LogP contribution >= 0.6 is 0 Å². The van der Waals surface area contributed by atoms with Crippen LogP contribution in [-0.4, -0.2) is 88.3 Å². The first-order valence-electron chi connectivity index (χ1n) is 13.1. The third-order valence-corrected chi connectivity index (χ3v) is 8.42. The van der Waals surface area contributed by atoms with Crippen LogP contribution in [0.5, 0.6) is 0 Å². The van der Waals surface area contributed by atoms with Gasteiger partial charge >= 0.3 is 6.09 Å². The van der Waals surface area contributed by atoms with Gasteiger partial charge in [0.15, 0.2) is 0 Å². The largest absolute Gasteiger partial charge is 0.465 e. The fourth-order valence-corrected chi connectivity index (χ4v) is 6.24. The molecule has 2 N–H and O–H groups in total.